The maximum absolute atomic E-state index is 10.5. The van der Waals surface area contributed by atoms with Gasteiger partial charge < -0.3 is 16.0 Å². The molecule has 0 aromatic heterocycles. The van der Waals surface area contributed by atoms with Crippen LogP contribution >= 0.6 is 0 Å². The van der Waals surface area contributed by atoms with E-state index in [-0.39, 0.29) is 18.5 Å². The molecule has 0 aliphatic heterocycles. The first-order valence-electron chi connectivity index (χ1n) is 2.87. The first kappa shape index (κ1) is 8.74. The van der Waals surface area contributed by atoms with Gasteiger partial charge in [0.2, 0.25) is 5.91 Å². The number of carbonyl (C=O) groups is 2. The quantitative estimate of drug-likeness (QED) is 0.450. The highest BCUT2D eigenvalue weighted by molar-refractivity contribution is 5.83. The van der Waals surface area contributed by atoms with Crippen LogP contribution in [0, 0.1) is 0 Å². The first-order chi connectivity index (χ1) is 4.70. The SMILES string of the molecule is CNC(=O)CNC(=O)NC. The van der Waals surface area contributed by atoms with E-state index in [9.17, 15) is 9.59 Å². The highest BCUT2D eigenvalue weighted by atomic mass is 16.2. The van der Waals surface area contributed by atoms with Gasteiger partial charge >= 0.3 is 6.03 Å². The van der Waals surface area contributed by atoms with E-state index in [2.05, 4.69) is 16.0 Å². The van der Waals surface area contributed by atoms with Gasteiger partial charge in [-0.25, -0.2) is 4.79 Å². The maximum Gasteiger partial charge on any atom is 0.314 e. The Morgan fingerprint density at radius 3 is 2.20 bits per heavy atom. The van der Waals surface area contributed by atoms with Crippen LogP contribution in [0.15, 0.2) is 0 Å². The molecule has 0 saturated carbocycles. The van der Waals surface area contributed by atoms with E-state index in [0.29, 0.717) is 0 Å². The fraction of sp³-hybridized carbons (Fsp3) is 0.600. The van der Waals surface area contributed by atoms with E-state index in [0.717, 1.165) is 0 Å². The van der Waals surface area contributed by atoms with Crippen LogP contribution in [0.4, 0.5) is 4.79 Å². The number of likely N-dealkylation sites (N-methyl/N-ethyl adjacent to an activating group) is 1. The van der Waals surface area contributed by atoms with Crippen molar-refractivity contribution in [2.45, 2.75) is 0 Å². The highest BCUT2D eigenvalue weighted by Crippen LogP contribution is 1.61. The molecule has 5 nitrogen and oxygen atoms in total. The summed E-state index contributed by atoms with van der Waals surface area (Å²) in [6, 6.07) is -0.358. The normalized spacial score (nSPS) is 8.20. The molecule has 0 saturated heterocycles. The number of urea groups is 1. The minimum Gasteiger partial charge on any atom is -0.358 e. The van der Waals surface area contributed by atoms with E-state index >= 15 is 0 Å². The smallest absolute Gasteiger partial charge is 0.314 e. The monoisotopic (exact) mass is 145 g/mol. The number of hydrogen-bond donors (Lipinski definition) is 3. The first-order valence-corrected chi connectivity index (χ1v) is 2.87. The Kier molecular flexibility index (Phi) is 4.02. The van der Waals surface area contributed by atoms with E-state index < -0.39 is 0 Å². The average molecular weight is 145 g/mol. The van der Waals surface area contributed by atoms with Gasteiger partial charge in [0, 0.05) is 14.1 Å². The predicted octanol–water partition coefficient (Wildman–Crippen LogP) is -1.34. The van der Waals surface area contributed by atoms with Gasteiger partial charge in [-0.15, -0.1) is 0 Å². The Labute approximate surface area is 59.2 Å². The largest absolute Gasteiger partial charge is 0.358 e. The van der Waals surface area contributed by atoms with Crippen molar-refractivity contribution in [3.05, 3.63) is 0 Å². The summed E-state index contributed by atoms with van der Waals surface area (Å²) in [6.45, 7) is 0.0101. The van der Waals surface area contributed by atoms with Crippen LogP contribution in [0.3, 0.4) is 0 Å². The number of carbonyl (C=O) groups excluding carboxylic acids is 2. The molecule has 3 amide bonds. The zero-order valence-electron chi connectivity index (χ0n) is 6.02. The van der Waals surface area contributed by atoms with E-state index in [1.54, 1.807) is 0 Å². The lowest BCUT2D eigenvalue weighted by Crippen LogP contribution is -2.39. The fourth-order valence-electron chi connectivity index (χ4n) is 0.337. The molecule has 0 aromatic rings. The van der Waals surface area contributed by atoms with Crippen molar-refractivity contribution in [2.24, 2.45) is 0 Å². The van der Waals surface area contributed by atoms with Crippen molar-refractivity contribution in [3.8, 4) is 0 Å². The average Bonchev–Trinajstić information content (AvgIpc) is 1.99. The van der Waals surface area contributed by atoms with Crippen molar-refractivity contribution in [1.29, 1.82) is 0 Å². The van der Waals surface area contributed by atoms with Crippen LogP contribution in [0.5, 0.6) is 0 Å². The van der Waals surface area contributed by atoms with Gasteiger partial charge in [0.05, 0.1) is 6.54 Å². The topological polar surface area (TPSA) is 70.2 Å². The standard InChI is InChI=1S/C5H11N3O2/c1-6-4(9)3-8-5(10)7-2/h3H2,1-2H3,(H,6,9)(H2,7,8,10). The molecule has 0 aromatic carbocycles. The van der Waals surface area contributed by atoms with E-state index in [1.807, 2.05) is 0 Å². The van der Waals surface area contributed by atoms with Gasteiger partial charge in [-0.3, -0.25) is 4.79 Å². The fourth-order valence-corrected chi connectivity index (χ4v) is 0.337. The third kappa shape index (κ3) is 3.71. The molecule has 0 spiro atoms. The maximum atomic E-state index is 10.5. The van der Waals surface area contributed by atoms with Crippen LogP contribution in [0.1, 0.15) is 0 Å². The highest BCUT2D eigenvalue weighted by Gasteiger charge is 1.98. The molecule has 0 unspecified atom stereocenters. The molecule has 0 rings (SSSR count). The summed E-state index contributed by atoms with van der Waals surface area (Å²) < 4.78 is 0. The van der Waals surface area contributed by atoms with Crippen LogP contribution < -0.4 is 16.0 Å². The van der Waals surface area contributed by atoms with Gasteiger partial charge in [0.15, 0.2) is 0 Å². The second kappa shape index (κ2) is 4.60. The van der Waals surface area contributed by atoms with E-state index in [1.165, 1.54) is 14.1 Å². The number of nitrogens with one attached hydrogen (secondary N) is 3. The molecule has 0 fully saturated rings. The van der Waals surface area contributed by atoms with E-state index in [4.69, 9.17) is 0 Å². The van der Waals surface area contributed by atoms with Gasteiger partial charge in [0.25, 0.3) is 0 Å². The summed E-state index contributed by atoms with van der Waals surface area (Å²) in [5, 5.41) is 7.00. The van der Waals surface area contributed by atoms with Crippen LogP contribution in [0.25, 0.3) is 0 Å². The number of hydrogen-bond acceptors (Lipinski definition) is 2. The second-order valence-electron chi connectivity index (χ2n) is 1.61. The molecule has 3 N–H and O–H groups in total. The lowest BCUT2D eigenvalue weighted by atomic mass is 10.6. The summed E-state index contributed by atoms with van der Waals surface area (Å²) in [5.41, 5.74) is 0. The lowest BCUT2D eigenvalue weighted by molar-refractivity contribution is -0.119. The van der Waals surface area contributed by atoms with Gasteiger partial charge in [-0.1, -0.05) is 0 Å². The second-order valence-corrected chi connectivity index (χ2v) is 1.61. The van der Waals surface area contributed by atoms with Crippen molar-refractivity contribution >= 4 is 11.9 Å². The molecule has 0 heterocycles. The summed E-state index contributed by atoms with van der Waals surface area (Å²) in [6.07, 6.45) is 0. The predicted molar refractivity (Wildman–Crippen MR) is 36.5 cm³/mol. The minimum absolute atomic E-state index is 0.0101. The molecule has 0 aliphatic carbocycles. The van der Waals surface area contributed by atoms with Crippen LogP contribution in [0.2, 0.25) is 0 Å². The number of rotatable bonds is 2. The molecule has 0 aliphatic rings. The Bertz CT molecular complexity index is 119. The molecule has 0 radical (unpaired) electrons. The lowest BCUT2D eigenvalue weighted by Gasteiger charge is -2.01. The summed E-state index contributed by atoms with van der Waals surface area (Å²) >= 11 is 0. The third-order valence-electron chi connectivity index (χ3n) is 0.915. The Morgan fingerprint density at radius 1 is 1.20 bits per heavy atom. The summed E-state index contributed by atoms with van der Waals surface area (Å²) in [7, 11) is 2.99. The van der Waals surface area contributed by atoms with Gasteiger partial charge in [-0.2, -0.15) is 0 Å². The van der Waals surface area contributed by atoms with Crippen molar-refractivity contribution in [3.63, 3.8) is 0 Å². The minimum atomic E-state index is -0.358. The molecular formula is C5H11N3O2. The Morgan fingerprint density at radius 2 is 1.80 bits per heavy atom. The molecular weight excluding hydrogens is 134 g/mol. The molecule has 5 heteroatoms. The Hall–Kier alpha value is -1.26. The molecule has 0 atom stereocenters. The van der Waals surface area contributed by atoms with Crippen LogP contribution in [-0.4, -0.2) is 32.6 Å². The Balaban J connectivity index is 3.35. The summed E-state index contributed by atoms with van der Waals surface area (Å²) in [5.74, 6) is -0.219. The van der Waals surface area contributed by atoms with Crippen molar-refractivity contribution in [2.75, 3.05) is 20.6 Å². The van der Waals surface area contributed by atoms with Gasteiger partial charge in [-0.05, 0) is 0 Å². The van der Waals surface area contributed by atoms with Crippen molar-refractivity contribution < 1.29 is 9.59 Å². The molecule has 58 valence electrons. The molecule has 0 bridgehead atoms. The van der Waals surface area contributed by atoms with Crippen LogP contribution in [-0.2, 0) is 4.79 Å². The van der Waals surface area contributed by atoms with Crippen molar-refractivity contribution in [1.82, 2.24) is 16.0 Å². The zero-order chi connectivity index (χ0) is 7.98. The molecule has 10 heavy (non-hydrogen) atoms. The third-order valence-corrected chi connectivity index (χ3v) is 0.915. The summed E-state index contributed by atoms with van der Waals surface area (Å²) in [4.78, 5) is 20.9. The number of amides is 3. The zero-order valence-corrected chi connectivity index (χ0v) is 6.02. The van der Waals surface area contributed by atoms with Gasteiger partial charge in [0.1, 0.15) is 0 Å².